The van der Waals surface area contributed by atoms with Gasteiger partial charge in [-0.1, -0.05) is 13.8 Å². The number of methoxy groups -OCH3 is 1. The average molecular weight is 477 g/mol. The highest BCUT2D eigenvalue weighted by molar-refractivity contribution is 7.19. The predicted octanol–water partition coefficient (Wildman–Crippen LogP) is 1.77. The van der Waals surface area contributed by atoms with Crippen LogP contribution in [0.5, 0.6) is 0 Å². The number of hydrogen-bond donors (Lipinski definition) is 0. The number of aromatic nitrogens is 3. The van der Waals surface area contributed by atoms with E-state index in [1.807, 2.05) is 13.8 Å². The molecule has 0 saturated heterocycles. The van der Waals surface area contributed by atoms with Crippen LogP contribution in [0.2, 0.25) is 0 Å². The molecule has 178 valence electrons. The Kier molecular flexibility index (Phi) is 6.94. The highest BCUT2D eigenvalue weighted by atomic mass is 32.1. The van der Waals surface area contributed by atoms with Gasteiger partial charge in [-0.15, -0.1) is 11.3 Å². The summed E-state index contributed by atoms with van der Waals surface area (Å²) in [6.45, 7) is 4.34. The van der Waals surface area contributed by atoms with Crippen LogP contribution in [-0.4, -0.2) is 51.9 Å². The van der Waals surface area contributed by atoms with E-state index in [1.165, 1.54) is 39.7 Å². The summed E-state index contributed by atoms with van der Waals surface area (Å²) in [7, 11) is 7.26. The SMILES string of the molecule is COC(=O)c1cc(Cc2sc3c(c2C(=O)N(C)OC)c(=O)n(C)c(=O)n3CC(C)C)cn1C. The first kappa shape index (κ1) is 24.5. The van der Waals surface area contributed by atoms with Crippen molar-refractivity contribution in [1.29, 1.82) is 0 Å². The zero-order valence-electron chi connectivity index (χ0n) is 19.8. The van der Waals surface area contributed by atoms with E-state index in [9.17, 15) is 19.2 Å². The lowest BCUT2D eigenvalue weighted by Crippen LogP contribution is -2.39. The number of hydrogen-bond acceptors (Lipinski definition) is 7. The van der Waals surface area contributed by atoms with Crippen LogP contribution in [0.15, 0.2) is 21.9 Å². The van der Waals surface area contributed by atoms with E-state index in [4.69, 9.17) is 9.57 Å². The van der Waals surface area contributed by atoms with Gasteiger partial charge in [0.15, 0.2) is 0 Å². The lowest BCUT2D eigenvalue weighted by Gasteiger charge is -2.15. The second-order valence-corrected chi connectivity index (χ2v) is 9.31. The van der Waals surface area contributed by atoms with E-state index in [-0.39, 0.29) is 23.3 Å². The Bertz CT molecular complexity index is 1340. The van der Waals surface area contributed by atoms with Crippen molar-refractivity contribution in [3.8, 4) is 0 Å². The molecule has 0 aliphatic heterocycles. The molecule has 3 rings (SSSR count). The first-order valence-electron chi connectivity index (χ1n) is 10.3. The Hall–Kier alpha value is -3.18. The number of ether oxygens (including phenoxy) is 1. The van der Waals surface area contributed by atoms with Crippen molar-refractivity contribution in [2.45, 2.75) is 26.8 Å². The van der Waals surface area contributed by atoms with Gasteiger partial charge >= 0.3 is 11.7 Å². The molecule has 0 N–H and O–H groups in total. The number of carbonyl (C=O) groups is 2. The Morgan fingerprint density at radius 3 is 2.42 bits per heavy atom. The quantitative estimate of drug-likeness (QED) is 0.380. The van der Waals surface area contributed by atoms with E-state index < -0.39 is 23.1 Å². The summed E-state index contributed by atoms with van der Waals surface area (Å²) in [4.78, 5) is 57.5. The molecule has 11 heteroatoms. The van der Waals surface area contributed by atoms with Gasteiger partial charge in [0.25, 0.3) is 11.5 Å². The van der Waals surface area contributed by atoms with Crippen LogP contribution in [-0.2, 0) is 36.6 Å². The summed E-state index contributed by atoms with van der Waals surface area (Å²) in [5.41, 5.74) is 0.353. The standard InChI is InChI=1S/C22H28N4O6S/c1-12(2)10-26-20-17(18(27)24(4)22(26)30)16(19(28)25(5)32-7)15(33-20)9-13-8-14(21(29)31-6)23(3)11-13/h8,11-12H,9-10H2,1-7H3. The summed E-state index contributed by atoms with van der Waals surface area (Å²) in [6.07, 6.45) is 2.05. The molecular formula is C22H28N4O6S. The van der Waals surface area contributed by atoms with Crippen LogP contribution in [0.3, 0.4) is 0 Å². The third kappa shape index (κ3) is 4.38. The van der Waals surface area contributed by atoms with E-state index in [0.29, 0.717) is 21.9 Å². The van der Waals surface area contributed by atoms with Gasteiger partial charge in [0.1, 0.15) is 10.5 Å². The van der Waals surface area contributed by atoms with E-state index in [0.717, 1.165) is 15.2 Å². The molecule has 0 aliphatic rings. The smallest absolute Gasteiger partial charge is 0.354 e. The third-order valence-electron chi connectivity index (χ3n) is 5.39. The average Bonchev–Trinajstić information content (AvgIpc) is 3.33. The maximum Gasteiger partial charge on any atom is 0.354 e. The normalized spacial score (nSPS) is 11.4. The van der Waals surface area contributed by atoms with Crippen LogP contribution in [0.25, 0.3) is 10.2 Å². The van der Waals surface area contributed by atoms with Gasteiger partial charge in [0.2, 0.25) is 0 Å². The van der Waals surface area contributed by atoms with Gasteiger partial charge in [0.05, 0.1) is 25.2 Å². The van der Waals surface area contributed by atoms with Gasteiger partial charge in [-0.25, -0.2) is 14.7 Å². The topological polar surface area (TPSA) is 105 Å². The summed E-state index contributed by atoms with van der Waals surface area (Å²) in [5, 5.41) is 1.24. The molecule has 3 aromatic rings. The zero-order valence-corrected chi connectivity index (χ0v) is 20.6. The molecule has 0 radical (unpaired) electrons. The zero-order chi connectivity index (χ0) is 24.6. The summed E-state index contributed by atoms with van der Waals surface area (Å²) >= 11 is 1.23. The van der Waals surface area contributed by atoms with Crippen molar-refractivity contribution in [3.63, 3.8) is 0 Å². The number of esters is 1. The van der Waals surface area contributed by atoms with Gasteiger partial charge in [0, 0.05) is 45.2 Å². The fourth-order valence-corrected chi connectivity index (χ4v) is 5.03. The molecule has 0 saturated carbocycles. The number of nitrogens with zero attached hydrogens (tertiary/aromatic N) is 4. The lowest BCUT2D eigenvalue weighted by molar-refractivity contribution is -0.0756. The number of thiophene rings is 1. The largest absolute Gasteiger partial charge is 0.464 e. The van der Waals surface area contributed by atoms with Crippen molar-refractivity contribution < 1.29 is 19.2 Å². The fraction of sp³-hybridized carbons (Fsp3) is 0.455. The Balaban J connectivity index is 2.31. The maximum atomic E-state index is 13.3. The number of rotatable bonds is 7. The molecule has 0 aliphatic carbocycles. The molecule has 0 atom stereocenters. The molecule has 0 aromatic carbocycles. The van der Waals surface area contributed by atoms with Gasteiger partial charge < -0.3 is 9.30 Å². The number of aryl methyl sites for hydroxylation is 1. The first-order chi connectivity index (χ1) is 15.5. The minimum Gasteiger partial charge on any atom is -0.464 e. The monoisotopic (exact) mass is 476 g/mol. The third-order valence-corrected chi connectivity index (χ3v) is 6.60. The summed E-state index contributed by atoms with van der Waals surface area (Å²) in [6, 6.07) is 1.68. The molecule has 0 bridgehead atoms. The van der Waals surface area contributed by atoms with Crippen LogP contribution in [0.1, 0.15) is 45.1 Å². The summed E-state index contributed by atoms with van der Waals surface area (Å²) < 4.78 is 9.03. The fourth-order valence-electron chi connectivity index (χ4n) is 3.72. The van der Waals surface area contributed by atoms with Crippen molar-refractivity contribution in [2.75, 3.05) is 21.3 Å². The van der Waals surface area contributed by atoms with Crippen molar-refractivity contribution in [2.24, 2.45) is 20.0 Å². The highest BCUT2D eigenvalue weighted by Crippen LogP contribution is 2.32. The van der Waals surface area contributed by atoms with Crippen molar-refractivity contribution in [3.05, 3.63) is 54.8 Å². The van der Waals surface area contributed by atoms with Crippen LogP contribution in [0, 0.1) is 5.92 Å². The maximum absolute atomic E-state index is 13.3. The van der Waals surface area contributed by atoms with E-state index in [1.54, 1.807) is 28.4 Å². The molecule has 0 unspecified atom stereocenters. The van der Waals surface area contributed by atoms with Crippen molar-refractivity contribution >= 4 is 33.4 Å². The molecule has 3 heterocycles. The number of amides is 1. The number of hydroxylamine groups is 2. The van der Waals surface area contributed by atoms with Crippen molar-refractivity contribution in [1.82, 2.24) is 18.8 Å². The Morgan fingerprint density at radius 1 is 1.18 bits per heavy atom. The number of fused-ring (bicyclic) bond motifs is 1. The van der Waals surface area contributed by atoms with E-state index >= 15 is 0 Å². The van der Waals surface area contributed by atoms with Gasteiger partial charge in [-0.3, -0.25) is 23.6 Å². The Morgan fingerprint density at radius 2 is 1.85 bits per heavy atom. The van der Waals surface area contributed by atoms with Crippen LogP contribution >= 0.6 is 11.3 Å². The lowest BCUT2D eigenvalue weighted by atomic mass is 10.1. The molecule has 3 aromatic heterocycles. The molecule has 33 heavy (non-hydrogen) atoms. The Labute approximate surface area is 194 Å². The van der Waals surface area contributed by atoms with Crippen LogP contribution in [0.4, 0.5) is 0 Å². The minimum atomic E-state index is -0.534. The molecule has 10 nitrogen and oxygen atoms in total. The summed E-state index contributed by atoms with van der Waals surface area (Å²) in [5.74, 6) is -0.823. The van der Waals surface area contributed by atoms with Gasteiger partial charge in [-0.05, 0) is 17.5 Å². The van der Waals surface area contributed by atoms with E-state index in [2.05, 4.69) is 0 Å². The van der Waals surface area contributed by atoms with Crippen LogP contribution < -0.4 is 11.2 Å². The van der Waals surface area contributed by atoms with Gasteiger partial charge in [-0.2, -0.15) is 0 Å². The second kappa shape index (κ2) is 9.36. The second-order valence-electron chi connectivity index (χ2n) is 8.23. The molecular weight excluding hydrogens is 448 g/mol. The number of carbonyl (C=O) groups excluding carboxylic acids is 2. The highest BCUT2D eigenvalue weighted by Gasteiger charge is 2.28. The molecule has 1 amide bonds. The predicted molar refractivity (Wildman–Crippen MR) is 125 cm³/mol. The molecule has 0 fully saturated rings. The first-order valence-corrected chi connectivity index (χ1v) is 11.1. The molecule has 0 spiro atoms. The minimum absolute atomic E-state index is 0.145.